The second-order valence-electron chi connectivity index (χ2n) is 10.3. The Balaban J connectivity index is 0.000000145. The summed E-state index contributed by atoms with van der Waals surface area (Å²) >= 11 is 4.86. The summed E-state index contributed by atoms with van der Waals surface area (Å²) < 4.78 is 68.4. The standard InChI is InChI=1S/C16H10F2N4OS.C11H5F2IN2O.C5H7BN2O2S/c1-24-15-19-7-9(8-20-15)14-13(21-16-22(14)4-5-23-16)11-3-2-10(17)6-12(11)18;12-6-1-2-7(8(13)5-6)9-10(14)16-3-4-17-11(16)15-9;1-11-5-7-2-4(3-8-5)6(9)10/h2-8H,1H3;1-5H;2-3,9-10H,1H3. The molecule has 0 aliphatic rings. The van der Waals surface area contributed by atoms with Crippen LogP contribution in [0.4, 0.5) is 17.6 Å². The van der Waals surface area contributed by atoms with Gasteiger partial charge in [-0.2, -0.15) is 9.97 Å². The average molecular weight is 860 g/mol. The van der Waals surface area contributed by atoms with Crippen LogP contribution in [-0.4, -0.2) is 68.4 Å². The van der Waals surface area contributed by atoms with Gasteiger partial charge in [0, 0.05) is 71.5 Å². The summed E-state index contributed by atoms with van der Waals surface area (Å²) in [4.78, 5) is 24.7. The lowest BCUT2D eigenvalue weighted by Gasteiger charge is -2.05. The Morgan fingerprint density at radius 1 is 0.692 bits per heavy atom. The Morgan fingerprint density at radius 2 is 1.17 bits per heavy atom. The van der Waals surface area contributed by atoms with Crippen molar-refractivity contribution in [1.29, 1.82) is 0 Å². The predicted molar refractivity (Wildman–Crippen MR) is 195 cm³/mol. The van der Waals surface area contributed by atoms with E-state index in [9.17, 15) is 17.6 Å². The second kappa shape index (κ2) is 16.3. The summed E-state index contributed by atoms with van der Waals surface area (Å²) in [5.41, 5.74) is 2.77. The van der Waals surface area contributed by atoms with E-state index in [0.29, 0.717) is 50.1 Å². The molecule has 52 heavy (non-hydrogen) atoms. The van der Waals surface area contributed by atoms with Crippen molar-refractivity contribution in [3.8, 4) is 33.8 Å². The van der Waals surface area contributed by atoms with Crippen LogP contribution in [0.5, 0.6) is 0 Å². The zero-order valence-electron chi connectivity index (χ0n) is 26.7. The zero-order valence-corrected chi connectivity index (χ0v) is 30.4. The summed E-state index contributed by atoms with van der Waals surface area (Å²) in [5, 5.41) is 18.6. The van der Waals surface area contributed by atoms with Gasteiger partial charge in [0.15, 0.2) is 10.3 Å². The molecule has 8 aromatic rings. The lowest BCUT2D eigenvalue weighted by Crippen LogP contribution is -2.30. The van der Waals surface area contributed by atoms with Crippen molar-refractivity contribution in [3.63, 3.8) is 0 Å². The fourth-order valence-corrected chi connectivity index (χ4v) is 6.06. The van der Waals surface area contributed by atoms with E-state index in [-0.39, 0.29) is 11.1 Å². The maximum absolute atomic E-state index is 14.2. The molecule has 12 nitrogen and oxygen atoms in total. The van der Waals surface area contributed by atoms with Crippen molar-refractivity contribution in [2.45, 2.75) is 10.3 Å². The van der Waals surface area contributed by atoms with E-state index in [2.05, 4.69) is 29.9 Å². The van der Waals surface area contributed by atoms with Gasteiger partial charge in [-0.25, -0.2) is 37.5 Å². The Bertz CT molecular complexity index is 2460. The van der Waals surface area contributed by atoms with E-state index in [4.69, 9.17) is 18.9 Å². The summed E-state index contributed by atoms with van der Waals surface area (Å²) in [5.74, 6) is -1.90. The lowest BCUT2D eigenvalue weighted by atomic mass is 9.83. The molecule has 0 unspecified atom stereocenters. The van der Waals surface area contributed by atoms with Gasteiger partial charge in [-0.3, -0.25) is 8.80 Å². The molecule has 0 fully saturated rings. The number of thioether (sulfide) groups is 2. The maximum atomic E-state index is 14.2. The number of aromatic nitrogens is 8. The molecule has 6 aromatic heterocycles. The highest BCUT2D eigenvalue weighted by molar-refractivity contribution is 14.1. The molecule has 0 atom stereocenters. The van der Waals surface area contributed by atoms with Crippen LogP contribution in [0, 0.1) is 27.0 Å². The number of hydrogen-bond donors (Lipinski definition) is 2. The maximum Gasteiger partial charge on any atom is 0.491 e. The molecule has 0 saturated heterocycles. The smallest absolute Gasteiger partial charge is 0.432 e. The summed E-state index contributed by atoms with van der Waals surface area (Å²) in [6, 6.07) is 6.79. The number of nitrogens with zero attached hydrogens (tertiary/aromatic N) is 8. The van der Waals surface area contributed by atoms with Crippen LogP contribution in [0.1, 0.15) is 0 Å². The molecule has 20 heteroatoms. The lowest BCUT2D eigenvalue weighted by molar-refractivity contribution is 0.425. The first kappa shape index (κ1) is 37.0. The van der Waals surface area contributed by atoms with Crippen LogP contribution in [-0.2, 0) is 0 Å². The van der Waals surface area contributed by atoms with Gasteiger partial charge in [0.2, 0.25) is 0 Å². The number of oxazole rings is 2. The largest absolute Gasteiger partial charge is 0.491 e. The van der Waals surface area contributed by atoms with Crippen LogP contribution in [0.2, 0.25) is 0 Å². The molecule has 0 radical (unpaired) electrons. The second-order valence-corrected chi connectivity index (χ2v) is 12.8. The Kier molecular flexibility index (Phi) is 11.6. The third kappa shape index (κ3) is 7.99. The minimum absolute atomic E-state index is 0.180. The SMILES string of the molecule is CSc1ncc(-c2c(-c3ccc(F)cc3F)nc3occn23)cn1.CSc1ncc(B(O)O)cn1.Fc1ccc(-c2nc3occn3c2I)c(F)c1. The van der Waals surface area contributed by atoms with E-state index >= 15 is 0 Å². The summed E-state index contributed by atoms with van der Waals surface area (Å²) in [6.07, 6.45) is 16.1. The fraction of sp³-hybridized carbons (Fsp3) is 0.0625. The Morgan fingerprint density at radius 3 is 1.67 bits per heavy atom. The highest BCUT2D eigenvalue weighted by Crippen LogP contribution is 2.34. The molecule has 6 heterocycles. The van der Waals surface area contributed by atoms with Gasteiger partial charge in [0.1, 0.15) is 50.9 Å². The van der Waals surface area contributed by atoms with Crippen molar-refractivity contribution in [1.82, 2.24) is 38.7 Å². The monoisotopic (exact) mass is 860 g/mol. The first-order valence-corrected chi connectivity index (χ1v) is 18.2. The van der Waals surface area contributed by atoms with Crippen LogP contribution in [0.15, 0.2) is 105 Å². The third-order valence-corrected chi connectivity index (χ3v) is 9.23. The van der Waals surface area contributed by atoms with Gasteiger partial charge in [-0.15, -0.1) is 0 Å². The highest BCUT2D eigenvalue weighted by Gasteiger charge is 2.21. The molecule has 0 spiro atoms. The van der Waals surface area contributed by atoms with E-state index in [1.54, 1.807) is 33.6 Å². The first-order chi connectivity index (χ1) is 25.1. The number of benzene rings is 2. The highest BCUT2D eigenvalue weighted by atomic mass is 127. The predicted octanol–water partition coefficient (Wildman–Crippen LogP) is 6.41. The fourth-order valence-electron chi connectivity index (χ4n) is 4.65. The van der Waals surface area contributed by atoms with Gasteiger partial charge in [-0.05, 0) is 59.4 Å². The van der Waals surface area contributed by atoms with Crippen molar-refractivity contribution < 1.29 is 36.4 Å². The van der Waals surface area contributed by atoms with Crippen molar-refractivity contribution in [2.75, 3.05) is 12.5 Å². The van der Waals surface area contributed by atoms with Gasteiger partial charge in [0.25, 0.3) is 0 Å². The van der Waals surface area contributed by atoms with Crippen LogP contribution in [0.25, 0.3) is 45.5 Å². The molecular weight excluding hydrogens is 838 g/mol. The van der Waals surface area contributed by atoms with E-state index < -0.39 is 30.4 Å². The number of imidazole rings is 2. The number of rotatable bonds is 6. The van der Waals surface area contributed by atoms with E-state index in [1.165, 1.54) is 72.7 Å². The van der Waals surface area contributed by atoms with Gasteiger partial charge >= 0.3 is 18.8 Å². The van der Waals surface area contributed by atoms with Gasteiger partial charge < -0.3 is 18.9 Å². The van der Waals surface area contributed by atoms with E-state index in [1.807, 2.05) is 35.1 Å². The Hall–Kier alpha value is -4.77. The molecule has 0 aliphatic heterocycles. The van der Waals surface area contributed by atoms with Crippen molar-refractivity contribution in [2.24, 2.45) is 0 Å². The minimum Gasteiger partial charge on any atom is -0.432 e. The van der Waals surface area contributed by atoms with Crippen LogP contribution in [0.3, 0.4) is 0 Å². The quantitative estimate of drug-likeness (QED) is 0.0625. The van der Waals surface area contributed by atoms with Crippen molar-refractivity contribution in [3.05, 3.63) is 113 Å². The summed E-state index contributed by atoms with van der Waals surface area (Å²) in [7, 11) is -1.48. The molecule has 0 saturated carbocycles. The number of fused-ring (bicyclic) bond motifs is 2. The summed E-state index contributed by atoms with van der Waals surface area (Å²) in [6.45, 7) is 0. The molecule has 0 amide bonds. The minimum atomic E-state index is -1.48. The Labute approximate surface area is 313 Å². The normalized spacial score (nSPS) is 10.9. The number of hydrogen-bond acceptors (Lipinski definition) is 12. The topological polar surface area (TPSA) is 153 Å². The molecular formula is C32H22BF4IN8O4S2. The third-order valence-electron chi connectivity index (χ3n) is 7.05. The average Bonchev–Trinajstić information content (AvgIpc) is 3.93. The number of halogens is 5. The molecule has 264 valence electrons. The van der Waals surface area contributed by atoms with Crippen molar-refractivity contribution >= 4 is 70.4 Å². The van der Waals surface area contributed by atoms with Gasteiger partial charge in [0.05, 0.1) is 5.69 Å². The van der Waals surface area contributed by atoms with Gasteiger partial charge in [-0.1, -0.05) is 23.5 Å². The molecule has 2 N–H and O–H groups in total. The first-order valence-electron chi connectivity index (χ1n) is 14.6. The molecule has 2 aromatic carbocycles. The van der Waals surface area contributed by atoms with Crippen LogP contribution >= 0.6 is 46.1 Å². The molecule has 0 aliphatic carbocycles. The van der Waals surface area contributed by atoms with Crippen LogP contribution < -0.4 is 5.46 Å². The van der Waals surface area contributed by atoms with E-state index in [0.717, 1.165) is 15.8 Å². The molecule has 8 rings (SSSR count). The zero-order chi connectivity index (χ0) is 36.9. The molecule has 0 bridgehead atoms.